The van der Waals surface area contributed by atoms with Crippen molar-refractivity contribution in [2.45, 2.75) is 19.3 Å². The van der Waals surface area contributed by atoms with Gasteiger partial charge < -0.3 is 14.6 Å². The van der Waals surface area contributed by atoms with E-state index in [0.717, 1.165) is 30.5 Å². The largest absolute Gasteiger partial charge is 0.493 e. The summed E-state index contributed by atoms with van der Waals surface area (Å²) in [6, 6.07) is 5.49. The van der Waals surface area contributed by atoms with Crippen molar-refractivity contribution >= 4 is 21.9 Å². The Kier molecular flexibility index (Phi) is 5.22. The van der Waals surface area contributed by atoms with Gasteiger partial charge in [0.25, 0.3) is 0 Å². The lowest BCUT2D eigenvalue weighted by Gasteiger charge is -2.22. The molecule has 1 heterocycles. The number of benzene rings is 1. The van der Waals surface area contributed by atoms with Crippen LogP contribution in [0.4, 0.5) is 0 Å². The van der Waals surface area contributed by atoms with Crippen LogP contribution < -0.4 is 4.74 Å². The highest BCUT2D eigenvalue weighted by molar-refractivity contribution is 9.10. The minimum Gasteiger partial charge on any atom is -0.493 e. The molecule has 1 fully saturated rings. The van der Waals surface area contributed by atoms with Crippen LogP contribution >= 0.6 is 15.9 Å². The molecule has 0 aliphatic carbocycles. The number of hydrogen-bond donors (Lipinski definition) is 1. The molecule has 4 nitrogen and oxygen atoms in total. The van der Waals surface area contributed by atoms with Crippen LogP contribution in [0.5, 0.6) is 5.75 Å². The van der Waals surface area contributed by atoms with Crippen molar-refractivity contribution < 1.29 is 19.4 Å². The summed E-state index contributed by atoms with van der Waals surface area (Å²) in [6.45, 7) is 2.20. The zero-order valence-corrected chi connectivity index (χ0v) is 12.2. The molecular formula is C14H17BrO4. The lowest BCUT2D eigenvalue weighted by atomic mass is 10.0. The van der Waals surface area contributed by atoms with Crippen LogP contribution in [-0.2, 0) is 16.0 Å². The monoisotopic (exact) mass is 328 g/mol. The highest BCUT2D eigenvalue weighted by atomic mass is 79.9. The van der Waals surface area contributed by atoms with Crippen molar-refractivity contribution in [2.24, 2.45) is 5.92 Å². The molecule has 19 heavy (non-hydrogen) atoms. The van der Waals surface area contributed by atoms with E-state index in [2.05, 4.69) is 15.9 Å². The van der Waals surface area contributed by atoms with E-state index in [1.807, 2.05) is 12.1 Å². The Labute approximate surface area is 120 Å². The van der Waals surface area contributed by atoms with Crippen LogP contribution in [0.3, 0.4) is 0 Å². The third kappa shape index (κ3) is 4.51. The van der Waals surface area contributed by atoms with Crippen molar-refractivity contribution in [3.05, 3.63) is 28.2 Å². The third-order valence-corrected chi connectivity index (χ3v) is 3.67. The standard InChI is InChI=1S/C14H17BrO4/c15-12-1-2-13(11(7-12)8-14(16)17)19-9-10-3-5-18-6-4-10/h1-2,7,10H,3-6,8-9H2,(H,16,17). The summed E-state index contributed by atoms with van der Waals surface area (Å²) >= 11 is 3.35. The number of rotatable bonds is 5. The maximum absolute atomic E-state index is 10.9. The quantitative estimate of drug-likeness (QED) is 0.902. The van der Waals surface area contributed by atoms with Crippen molar-refractivity contribution in [1.29, 1.82) is 0 Å². The Morgan fingerprint density at radius 2 is 2.16 bits per heavy atom. The van der Waals surface area contributed by atoms with E-state index in [9.17, 15) is 4.79 Å². The summed E-state index contributed by atoms with van der Waals surface area (Å²) in [6.07, 6.45) is 1.98. The normalized spacial score (nSPS) is 16.3. The van der Waals surface area contributed by atoms with E-state index in [0.29, 0.717) is 23.8 Å². The third-order valence-electron chi connectivity index (χ3n) is 3.18. The first-order chi connectivity index (χ1) is 9.15. The summed E-state index contributed by atoms with van der Waals surface area (Å²) in [5.74, 6) is 0.307. The van der Waals surface area contributed by atoms with Gasteiger partial charge in [-0.2, -0.15) is 0 Å². The topological polar surface area (TPSA) is 55.8 Å². The van der Waals surface area contributed by atoms with Gasteiger partial charge in [0.2, 0.25) is 0 Å². The number of carboxylic acids is 1. The number of aliphatic carboxylic acids is 1. The van der Waals surface area contributed by atoms with Crippen LogP contribution in [0, 0.1) is 5.92 Å². The summed E-state index contributed by atoms with van der Waals surface area (Å²) < 4.78 is 12.0. The Bertz CT molecular complexity index is 441. The Hall–Kier alpha value is -1.07. The fraction of sp³-hybridized carbons (Fsp3) is 0.500. The number of halogens is 1. The van der Waals surface area contributed by atoms with E-state index < -0.39 is 5.97 Å². The molecule has 0 saturated carbocycles. The minimum atomic E-state index is -0.853. The zero-order chi connectivity index (χ0) is 13.7. The first-order valence-corrected chi connectivity index (χ1v) is 7.15. The van der Waals surface area contributed by atoms with Gasteiger partial charge in [0, 0.05) is 23.2 Å². The maximum atomic E-state index is 10.9. The Morgan fingerprint density at radius 1 is 1.42 bits per heavy atom. The van der Waals surface area contributed by atoms with E-state index >= 15 is 0 Å². The predicted octanol–water partition coefficient (Wildman–Crippen LogP) is 2.88. The van der Waals surface area contributed by atoms with Gasteiger partial charge in [-0.1, -0.05) is 15.9 Å². The van der Waals surface area contributed by atoms with Gasteiger partial charge in [0.1, 0.15) is 5.75 Å². The lowest BCUT2D eigenvalue weighted by molar-refractivity contribution is -0.136. The summed E-state index contributed by atoms with van der Waals surface area (Å²) in [7, 11) is 0. The summed E-state index contributed by atoms with van der Waals surface area (Å²) in [5.41, 5.74) is 0.703. The molecule has 0 aromatic heterocycles. The average Bonchev–Trinajstić information content (AvgIpc) is 2.38. The van der Waals surface area contributed by atoms with Crippen molar-refractivity contribution in [3.8, 4) is 5.75 Å². The van der Waals surface area contributed by atoms with Crippen molar-refractivity contribution in [1.82, 2.24) is 0 Å². The van der Waals surface area contributed by atoms with E-state index in [1.54, 1.807) is 6.07 Å². The van der Waals surface area contributed by atoms with Gasteiger partial charge in [-0.15, -0.1) is 0 Å². The fourth-order valence-corrected chi connectivity index (χ4v) is 2.52. The first-order valence-electron chi connectivity index (χ1n) is 6.36. The first kappa shape index (κ1) is 14.3. The van der Waals surface area contributed by atoms with Crippen LogP contribution in [-0.4, -0.2) is 30.9 Å². The number of carbonyl (C=O) groups is 1. The molecule has 1 N–H and O–H groups in total. The molecule has 0 amide bonds. The van der Waals surface area contributed by atoms with Crippen LogP contribution in [0.1, 0.15) is 18.4 Å². The van der Waals surface area contributed by atoms with Gasteiger partial charge in [0.15, 0.2) is 0 Å². The molecule has 2 rings (SSSR count). The van der Waals surface area contributed by atoms with Gasteiger partial charge in [-0.3, -0.25) is 4.79 Å². The molecule has 0 bridgehead atoms. The van der Waals surface area contributed by atoms with E-state index in [1.165, 1.54) is 0 Å². The smallest absolute Gasteiger partial charge is 0.307 e. The number of ether oxygens (including phenoxy) is 2. The fourth-order valence-electron chi connectivity index (χ4n) is 2.11. The predicted molar refractivity (Wildman–Crippen MR) is 74.5 cm³/mol. The molecule has 1 saturated heterocycles. The molecule has 1 aliphatic heterocycles. The van der Waals surface area contributed by atoms with E-state index in [4.69, 9.17) is 14.6 Å². The molecule has 1 aromatic carbocycles. The summed E-state index contributed by atoms with van der Waals surface area (Å²) in [5, 5.41) is 8.91. The molecule has 1 aliphatic rings. The van der Waals surface area contributed by atoms with Gasteiger partial charge in [-0.05, 0) is 37.0 Å². The number of carboxylic acid groups (broad SMARTS) is 1. The molecule has 0 atom stereocenters. The highest BCUT2D eigenvalue weighted by Crippen LogP contribution is 2.25. The molecule has 104 valence electrons. The minimum absolute atomic E-state index is 0.0252. The van der Waals surface area contributed by atoms with Gasteiger partial charge in [-0.25, -0.2) is 0 Å². The Balaban J connectivity index is 1.99. The average molecular weight is 329 g/mol. The van der Waals surface area contributed by atoms with Crippen molar-refractivity contribution in [3.63, 3.8) is 0 Å². The second kappa shape index (κ2) is 6.91. The number of hydrogen-bond acceptors (Lipinski definition) is 3. The Morgan fingerprint density at radius 3 is 2.84 bits per heavy atom. The molecule has 0 radical (unpaired) electrons. The second-order valence-corrected chi connectivity index (χ2v) is 5.60. The second-order valence-electron chi connectivity index (χ2n) is 4.69. The van der Waals surface area contributed by atoms with Gasteiger partial charge >= 0.3 is 5.97 Å². The van der Waals surface area contributed by atoms with Crippen LogP contribution in [0.15, 0.2) is 22.7 Å². The van der Waals surface area contributed by atoms with Gasteiger partial charge in [0.05, 0.1) is 13.0 Å². The maximum Gasteiger partial charge on any atom is 0.307 e. The lowest BCUT2D eigenvalue weighted by Crippen LogP contribution is -2.21. The molecular weight excluding hydrogens is 312 g/mol. The summed E-state index contributed by atoms with van der Waals surface area (Å²) in [4.78, 5) is 10.9. The zero-order valence-electron chi connectivity index (χ0n) is 10.6. The van der Waals surface area contributed by atoms with Crippen molar-refractivity contribution in [2.75, 3.05) is 19.8 Å². The molecule has 5 heteroatoms. The molecule has 0 unspecified atom stereocenters. The van der Waals surface area contributed by atoms with E-state index in [-0.39, 0.29) is 6.42 Å². The van der Waals surface area contributed by atoms with Crippen LogP contribution in [0.2, 0.25) is 0 Å². The molecule has 1 aromatic rings. The highest BCUT2D eigenvalue weighted by Gasteiger charge is 2.16. The SMILES string of the molecule is O=C(O)Cc1cc(Br)ccc1OCC1CCOCC1. The van der Waals surface area contributed by atoms with Crippen LogP contribution in [0.25, 0.3) is 0 Å². The molecule has 0 spiro atoms.